The van der Waals surface area contributed by atoms with E-state index in [0.29, 0.717) is 22.2 Å². The topological polar surface area (TPSA) is 97.4 Å². The van der Waals surface area contributed by atoms with Crippen molar-refractivity contribution in [3.63, 3.8) is 0 Å². The third kappa shape index (κ3) is 3.53. The SMILES string of the molecule is O=C(Cn1c(=O)/c(=N\O)nc(-c2ccccc2)c2ccccc21)c1cccnc1. The number of hydrogen-bond donors (Lipinski definition) is 1. The first-order valence-electron chi connectivity index (χ1n) is 8.89. The molecule has 0 unspecified atom stereocenters. The summed E-state index contributed by atoms with van der Waals surface area (Å²) in [5.74, 6) is -0.290. The maximum Gasteiger partial charge on any atom is 0.299 e. The van der Waals surface area contributed by atoms with Crippen LogP contribution < -0.4 is 11.0 Å². The largest absolute Gasteiger partial charge is 0.409 e. The van der Waals surface area contributed by atoms with Crippen molar-refractivity contribution < 1.29 is 10.0 Å². The monoisotopic (exact) mass is 384 g/mol. The van der Waals surface area contributed by atoms with Gasteiger partial charge < -0.3 is 5.21 Å². The Morgan fingerprint density at radius 2 is 1.76 bits per heavy atom. The Hall–Kier alpha value is -4.13. The molecule has 0 saturated heterocycles. The lowest BCUT2D eigenvalue weighted by Gasteiger charge is -2.07. The minimum atomic E-state index is -0.664. The molecule has 1 N–H and O–H groups in total. The molecule has 4 aromatic rings. The lowest BCUT2D eigenvalue weighted by Crippen LogP contribution is -2.36. The normalized spacial score (nSPS) is 11.5. The molecule has 0 bridgehead atoms. The Labute approximate surface area is 165 Å². The molecule has 0 atom stereocenters. The summed E-state index contributed by atoms with van der Waals surface area (Å²) in [6.45, 7) is -0.238. The van der Waals surface area contributed by atoms with Crippen molar-refractivity contribution in [3.05, 3.63) is 101 Å². The molecule has 2 heterocycles. The van der Waals surface area contributed by atoms with E-state index in [0.717, 1.165) is 5.56 Å². The maximum absolute atomic E-state index is 13.0. The lowest BCUT2D eigenvalue weighted by atomic mass is 10.1. The highest BCUT2D eigenvalue weighted by Crippen LogP contribution is 2.24. The number of fused-ring (bicyclic) bond motifs is 1. The standard InChI is InChI=1S/C22H16N4O3/c27-19(16-9-6-12-23-13-16)14-26-18-11-5-4-10-17(18)20(15-7-2-1-3-8-15)24-21(25-29)22(26)28/h1-13,29H,14H2/b25-21+. The van der Waals surface area contributed by atoms with Crippen LogP contribution in [0, 0.1) is 0 Å². The summed E-state index contributed by atoms with van der Waals surface area (Å²) in [5, 5.41) is 13.2. The molecule has 2 aromatic heterocycles. The Bertz CT molecular complexity index is 1320. The number of ketones is 1. The number of aromatic nitrogens is 3. The summed E-state index contributed by atoms with van der Waals surface area (Å²) in [6.07, 6.45) is 3.02. The van der Waals surface area contributed by atoms with Crippen molar-refractivity contribution in [2.45, 2.75) is 6.54 Å². The summed E-state index contributed by atoms with van der Waals surface area (Å²) in [6, 6.07) is 19.7. The highest BCUT2D eigenvalue weighted by atomic mass is 16.4. The van der Waals surface area contributed by atoms with Crippen molar-refractivity contribution >= 4 is 16.7 Å². The molecule has 4 rings (SSSR count). The van der Waals surface area contributed by atoms with E-state index >= 15 is 0 Å². The van der Waals surface area contributed by atoms with E-state index in [4.69, 9.17) is 0 Å². The molecule has 142 valence electrons. The number of carbonyl (C=O) groups excluding carboxylic acids is 1. The van der Waals surface area contributed by atoms with Crippen molar-refractivity contribution in [3.8, 4) is 11.3 Å². The average Bonchev–Trinajstić information content (AvgIpc) is 2.90. The van der Waals surface area contributed by atoms with E-state index < -0.39 is 5.56 Å². The number of benzene rings is 2. The molecule has 2 aromatic carbocycles. The van der Waals surface area contributed by atoms with Gasteiger partial charge in [-0.1, -0.05) is 53.7 Å². The van der Waals surface area contributed by atoms with E-state index in [1.165, 1.54) is 10.8 Å². The Morgan fingerprint density at radius 3 is 2.48 bits per heavy atom. The third-order valence-electron chi connectivity index (χ3n) is 4.53. The molecular formula is C22H16N4O3. The number of para-hydroxylation sites is 1. The van der Waals surface area contributed by atoms with Crippen LogP contribution in [0.15, 0.2) is 89.1 Å². The van der Waals surface area contributed by atoms with Gasteiger partial charge in [-0.3, -0.25) is 19.1 Å². The van der Waals surface area contributed by atoms with Crippen LogP contribution >= 0.6 is 0 Å². The summed E-state index contributed by atoms with van der Waals surface area (Å²) >= 11 is 0. The van der Waals surface area contributed by atoms with Gasteiger partial charge in [-0.15, -0.1) is 0 Å². The summed E-state index contributed by atoms with van der Waals surface area (Å²) < 4.78 is 1.28. The Morgan fingerprint density at radius 1 is 1.00 bits per heavy atom. The van der Waals surface area contributed by atoms with Crippen LogP contribution in [0.5, 0.6) is 0 Å². The van der Waals surface area contributed by atoms with Gasteiger partial charge in [0.2, 0.25) is 0 Å². The van der Waals surface area contributed by atoms with Gasteiger partial charge in [0.05, 0.1) is 17.8 Å². The van der Waals surface area contributed by atoms with Gasteiger partial charge in [0, 0.05) is 28.9 Å². The first-order chi connectivity index (χ1) is 14.2. The van der Waals surface area contributed by atoms with Crippen LogP contribution in [-0.4, -0.2) is 25.5 Å². The van der Waals surface area contributed by atoms with Gasteiger partial charge in [0.15, 0.2) is 5.78 Å². The molecule has 0 radical (unpaired) electrons. The van der Waals surface area contributed by atoms with Crippen LogP contribution in [0.2, 0.25) is 0 Å². The number of carbonyl (C=O) groups is 1. The molecule has 0 saturated carbocycles. The second-order valence-electron chi connectivity index (χ2n) is 6.32. The van der Waals surface area contributed by atoms with Gasteiger partial charge in [0.25, 0.3) is 11.0 Å². The third-order valence-corrected chi connectivity index (χ3v) is 4.53. The minimum Gasteiger partial charge on any atom is -0.409 e. The number of hydrogen-bond acceptors (Lipinski definition) is 6. The molecule has 7 nitrogen and oxygen atoms in total. The van der Waals surface area contributed by atoms with Gasteiger partial charge >= 0.3 is 0 Å². The van der Waals surface area contributed by atoms with E-state index in [9.17, 15) is 14.8 Å². The highest BCUT2D eigenvalue weighted by Gasteiger charge is 2.15. The fourth-order valence-corrected chi connectivity index (χ4v) is 3.15. The van der Waals surface area contributed by atoms with Crippen molar-refractivity contribution in [1.29, 1.82) is 0 Å². The van der Waals surface area contributed by atoms with E-state index in [2.05, 4.69) is 15.1 Å². The quantitative estimate of drug-likeness (QED) is 0.331. The summed E-state index contributed by atoms with van der Waals surface area (Å²) in [4.78, 5) is 34.1. The first kappa shape index (κ1) is 18.2. The number of Topliss-reactive ketones (excluding diaryl/α,β-unsaturated/α-hetero) is 1. The maximum atomic E-state index is 13.0. The smallest absolute Gasteiger partial charge is 0.299 e. The zero-order chi connectivity index (χ0) is 20.2. The van der Waals surface area contributed by atoms with Crippen LogP contribution in [-0.2, 0) is 6.54 Å². The second-order valence-corrected chi connectivity index (χ2v) is 6.32. The summed E-state index contributed by atoms with van der Waals surface area (Å²) in [7, 11) is 0. The molecule has 7 heteroatoms. The molecule has 0 aliphatic heterocycles. The van der Waals surface area contributed by atoms with Crippen LogP contribution in [0.4, 0.5) is 0 Å². The van der Waals surface area contributed by atoms with Crippen molar-refractivity contribution in [2.75, 3.05) is 0 Å². The molecule has 0 amide bonds. The van der Waals surface area contributed by atoms with Crippen LogP contribution in [0.3, 0.4) is 0 Å². The molecule has 0 spiro atoms. The van der Waals surface area contributed by atoms with Crippen molar-refractivity contribution in [1.82, 2.24) is 14.5 Å². The fraction of sp³-hybridized carbons (Fsp3) is 0.0455. The highest BCUT2D eigenvalue weighted by molar-refractivity contribution is 5.97. The Kier molecular flexibility index (Phi) is 4.94. The Balaban J connectivity index is 2.02. The molecular weight excluding hydrogens is 368 g/mol. The van der Waals surface area contributed by atoms with Gasteiger partial charge in [-0.05, 0) is 18.2 Å². The van der Waals surface area contributed by atoms with E-state index in [1.807, 2.05) is 42.5 Å². The lowest BCUT2D eigenvalue weighted by molar-refractivity contribution is 0.0972. The molecule has 29 heavy (non-hydrogen) atoms. The van der Waals surface area contributed by atoms with Gasteiger partial charge in [0.1, 0.15) is 0 Å². The van der Waals surface area contributed by atoms with E-state index in [-0.39, 0.29) is 17.8 Å². The number of nitrogens with zero attached hydrogens (tertiary/aromatic N) is 4. The predicted octanol–water partition coefficient (Wildman–Crippen LogP) is 2.63. The number of pyridine rings is 1. The van der Waals surface area contributed by atoms with Crippen LogP contribution in [0.25, 0.3) is 22.2 Å². The second kappa shape index (κ2) is 7.85. The fourth-order valence-electron chi connectivity index (χ4n) is 3.15. The predicted molar refractivity (Wildman–Crippen MR) is 107 cm³/mol. The molecule has 0 aliphatic rings. The minimum absolute atomic E-state index is 0.238. The molecule has 0 fully saturated rings. The zero-order valence-corrected chi connectivity index (χ0v) is 15.3. The van der Waals surface area contributed by atoms with Crippen LogP contribution in [0.1, 0.15) is 10.4 Å². The van der Waals surface area contributed by atoms with Gasteiger partial charge in [-0.2, -0.15) is 0 Å². The average molecular weight is 384 g/mol. The zero-order valence-electron chi connectivity index (χ0n) is 15.3. The summed E-state index contributed by atoms with van der Waals surface area (Å²) in [5.41, 5.74) is 1.08. The number of rotatable bonds is 4. The van der Waals surface area contributed by atoms with E-state index in [1.54, 1.807) is 30.5 Å². The van der Waals surface area contributed by atoms with Gasteiger partial charge in [-0.25, -0.2) is 4.98 Å². The van der Waals surface area contributed by atoms with Crippen molar-refractivity contribution in [2.24, 2.45) is 5.16 Å². The molecule has 0 aliphatic carbocycles. The first-order valence-corrected chi connectivity index (χ1v) is 8.89.